The first-order chi connectivity index (χ1) is 2.41. The Kier molecular flexibility index (Phi) is 5.69. The zero-order chi connectivity index (χ0) is 4.12. The van der Waals surface area contributed by atoms with E-state index in [1.165, 1.54) is 0 Å². The van der Waals surface area contributed by atoms with Gasteiger partial charge in [0.15, 0.2) is 0 Å². The fourth-order valence-corrected chi connectivity index (χ4v) is 0.340. The van der Waals surface area contributed by atoms with Crippen LogP contribution in [0.25, 0.3) is 0 Å². The van der Waals surface area contributed by atoms with Crippen molar-refractivity contribution in [1.82, 2.24) is 0 Å². The third kappa shape index (κ3) is 4.86. The minimum atomic E-state index is -1.41. The van der Waals surface area contributed by atoms with Crippen LogP contribution in [0.4, 0.5) is 0 Å². The summed E-state index contributed by atoms with van der Waals surface area (Å²) in [6, 6.07) is 0. The molecule has 0 fully saturated rings. The van der Waals surface area contributed by atoms with Gasteiger partial charge in [0.1, 0.15) is 0 Å². The molecule has 0 bridgehead atoms. The molecule has 0 amide bonds. The number of hydrogen-bond donors (Lipinski definition) is 0. The van der Waals surface area contributed by atoms with Crippen LogP contribution in [0, 0.1) is 0 Å². The molecular formula is O3Tc2. The van der Waals surface area contributed by atoms with E-state index in [0.717, 1.165) is 0 Å². The first-order valence-corrected chi connectivity index (χ1v) is 3.65. The average molecular weight is 244 g/mol. The van der Waals surface area contributed by atoms with E-state index in [4.69, 9.17) is 0 Å². The van der Waals surface area contributed by atoms with Gasteiger partial charge in [0.05, 0.1) is 0 Å². The van der Waals surface area contributed by atoms with Crippen molar-refractivity contribution in [3.05, 3.63) is 0 Å². The summed E-state index contributed by atoms with van der Waals surface area (Å²) in [5, 5.41) is 0. The van der Waals surface area contributed by atoms with Crippen molar-refractivity contribution in [2.24, 2.45) is 0 Å². The Morgan fingerprint density at radius 3 is 1.60 bits per heavy atom. The predicted molar refractivity (Wildman–Crippen MR) is 2.46 cm³/mol. The predicted octanol–water partition coefficient (Wildman–Crippen LogP) is -0.311. The molecular weight excluding hydrogens is 244 g/mol. The first-order valence-electron chi connectivity index (χ1n) is 0.617. The Morgan fingerprint density at radius 2 is 1.60 bits per heavy atom. The van der Waals surface area contributed by atoms with Gasteiger partial charge in [-0.15, -0.1) is 0 Å². The normalized spacial score (nSPS) is 8.00. The fourth-order valence-electron chi connectivity index (χ4n) is 0.00972. The molecule has 0 aromatic heterocycles. The van der Waals surface area contributed by atoms with Gasteiger partial charge in [0.25, 0.3) is 0 Å². The van der Waals surface area contributed by atoms with Crippen molar-refractivity contribution < 1.29 is 45.3 Å². The molecule has 5 heavy (non-hydrogen) atoms. The Hall–Kier alpha value is 0.859. The van der Waals surface area contributed by atoms with Gasteiger partial charge >= 0.3 is 45.3 Å². The summed E-state index contributed by atoms with van der Waals surface area (Å²) >= 11 is -2.81. The average Bonchev–Trinajstić information content (AvgIpc) is 1.41. The van der Waals surface area contributed by atoms with Crippen LogP contribution >= 0.6 is 0 Å². The van der Waals surface area contributed by atoms with E-state index < -0.39 is 36.0 Å². The van der Waals surface area contributed by atoms with E-state index in [2.05, 4.69) is 2.25 Å². The molecule has 0 saturated heterocycles. The summed E-state index contributed by atoms with van der Waals surface area (Å²) in [6.07, 6.45) is 0. The zero-order valence-electron chi connectivity index (χ0n) is 1.98. The summed E-state index contributed by atoms with van der Waals surface area (Å²) in [4.78, 5) is 0. The van der Waals surface area contributed by atoms with Crippen molar-refractivity contribution in [2.45, 2.75) is 0 Å². The second-order valence-electron chi connectivity index (χ2n) is 0.184. The molecule has 0 heterocycles. The molecule has 0 aliphatic rings. The van der Waals surface area contributed by atoms with Crippen LogP contribution in [0.1, 0.15) is 0 Å². The van der Waals surface area contributed by atoms with E-state index in [1.807, 2.05) is 0 Å². The second kappa shape index (κ2) is 4.86. The minimum absolute atomic E-state index is 1.41. The molecule has 5 heteroatoms. The van der Waals surface area contributed by atoms with Crippen LogP contribution in [0.3, 0.4) is 0 Å². The van der Waals surface area contributed by atoms with E-state index >= 15 is 0 Å². The first kappa shape index (κ1) is 5.86. The summed E-state index contributed by atoms with van der Waals surface area (Å²) in [6.45, 7) is 0. The van der Waals surface area contributed by atoms with Gasteiger partial charge in [-0.05, 0) is 0 Å². The molecule has 0 aromatic carbocycles. The molecule has 0 radical (unpaired) electrons. The Morgan fingerprint density at radius 1 is 1.20 bits per heavy atom. The molecule has 0 atom stereocenters. The Labute approximate surface area is 45.4 Å². The number of hydrogen-bond acceptors (Lipinski definition) is 3. The van der Waals surface area contributed by atoms with E-state index in [0.29, 0.717) is 0 Å². The van der Waals surface area contributed by atoms with Crippen LogP contribution in [0.2, 0.25) is 0 Å². The zero-order valence-corrected chi connectivity index (χ0v) is 5.70. The fraction of sp³-hybridized carbons (Fsp3) is 0. The van der Waals surface area contributed by atoms with Crippen molar-refractivity contribution in [1.29, 1.82) is 0 Å². The van der Waals surface area contributed by atoms with Crippen LogP contribution in [0.5, 0.6) is 0 Å². The third-order valence-electron chi connectivity index (χ3n) is 0.0476. The van der Waals surface area contributed by atoms with Gasteiger partial charge in [-0.25, -0.2) is 0 Å². The molecule has 0 saturated carbocycles. The van der Waals surface area contributed by atoms with E-state index in [9.17, 15) is 7.01 Å². The SMILES string of the molecule is [O]=[Tc][O][Tc]=[O]. The monoisotopic (exact) mass is 242 g/mol. The maximum atomic E-state index is 9.25. The van der Waals surface area contributed by atoms with Crippen LogP contribution in [-0.4, -0.2) is 0 Å². The quantitative estimate of drug-likeness (QED) is 0.669. The Bertz CT molecular complexity index is 34.2. The molecule has 0 rings (SSSR count). The Balaban J connectivity index is 2.65. The molecule has 0 aliphatic heterocycles. The van der Waals surface area contributed by atoms with Gasteiger partial charge < -0.3 is 0 Å². The molecule has 32 valence electrons. The molecule has 0 aliphatic carbocycles. The van der Waals surface area contributed by atoms with Crippen molar-refractivity contribution >= 4 is 0 Å². The van der Waals surface area contributed by atoms with Crippen molar-refractivity contribution in [3.63, 3.8) is 0 Å². The molecule has 0 spiro atoms. The van der Waals surface area contributed by atoms with Gasteiger partial charge in [-0.3, -0.25) is 0 Å². The summed E-state index contributed by atoms with van der Waals surface area (Å²) in [5.74, 6) is 0. The molecule has 3 nitrogen and oxygen atoms in total. The van der Waals surface area contributed by atoms with Crippen molar-refractivity contribution in [2.75, 3.05) is 0 Å². The van der Waals surface area contributed by atoms with Crippen LogP contribution in [-0.2, 0) is 45.3 Å². The van der Waals surface area contributed by atoms with E-state index in [1.54, 1.807) is 0 Å². The number of rotatable bonds is 2. The van der Waals surface area contributed by atoms with Gasteiger partial charge in [0.2, 0.25) is 0 Å². The molecule has 0 unspecified atom stereocenters. The van der Waals surface area contributed by atoms with Crippen molar-refractivity contribution in [3.8, 4) is 0 Å². The second-order valence-corrected chi connectivity index (χ2v) is 2.79. The molecule has 0 aromatic rings. The van der Waals surface area contributed by atoms with Crippen LogP contribution < -0.4 is 0 Å². The summed E-state index contributed by atoms with van der Waals surface area (Å²) in [5.41, 5.74) is 0. The van der Waals surface area contributed by atoms with E-state index in [-0.39, 0.29) is 0 Å². The summed E-state index contributed by atoms with van der Waals surface area (Å²) in [7, 11) is 0. The summed E-state index contributed by atoms with van der Waals surface area (Å²) < 4.78 is 22.4. The topological polar surface area (TPSA) is 43.4 Å². The third-order valence-corrected chi connectivity index (χ3v) is 1.67. The van der Waals surface area contributed by atoms with Crippen LogP contribution in [0.15, 0.2) is 0 Å². The van der Waals surface area contributed by atoms with Gasteiger partial charge in [0, 0.05) is 0 Å². The van der Waals surface area contributed by atoms with Gasteiger partial charge in [-0.1, -0.05) is 0 Å². The molecule has 0 N–H and O–H groups in total. The maximum absolute atomic E-state index is 9.25. The standard InChI is InChI=1S/3O.2Tc. The van der Waals surface area contributed by atoms with Gasteiger partial charge in [-0.2, -0.15) is 0 Å².